The molecule has 0 bridgehead atoms. The second kappa shape index (κ2) is 20.7. The largest absolute Gasteiger partial charge is 3.00 e. The number of rotatable bonds is 3. The van der Waals surface area contributed by atoms with Crippen molar-refractivity contribution in [2.24, 2.45) is 0 Å². The predicted octanol–water partition coefficient (Wildman–Crippen LogP) is -4.38. The van der Waals surface area contributed by atoms with Gasteiger partial charge in [-0.05, 0) is 0 Å². The molecule has 0 aliphatic heterocycles. The summed E-state index contributed by atoms with van der Waals surface area (Å²) in [5.41, 5.74) is 0. The Morgan fingerprint density at radius 1 is 0.688 bits per heavy atom. The molecule has 0 aromatic heterocycles. The molecule has 0 N–H and O–H groups in total. The molecule has 0 amide bonds. The fourth-order valence-electron chi connectivity index (χ4n) is 0. The summed E-state index contributed by atoms with van der Waals surface area (Å²) in [6, 6.07) is 0. The van der Waals surface area contributed by atoms with Crippen LogP contribution in [0.15, 0.2) is 0 Å². The average molecular weight is 482 g/mol. The van der Waals surface area contributed by atoms with Crippen LogP contribution in [-0.4, -0.2) is 61.4 Å². The average Bonchev–Trinajstić information content (AvgIpc) is 2.19. The monoisotopic (exact) mass is 482 g/mol. The Bertz CT molecular complexity index is 167. The number of aliphatic carboxylic acids is 3. The molecule has 0 aromatic carbocycles. The molecule has 6 nitrogen and oxygen atoms in total. The first kappa shape index (κ1) is 25.3. The van der Waals surface area contributed by atoms with E-state index < -0.39 is 17.9 Å². The van der Waals surface area contributed by atoms with Crippen LogP contribution in [0.2, 0.25) is 0 Å². The van der Waals surface area contributed by atoms with Crippen molar-refractivity contribution >= 4 is 82.0 Å². The maximum absolute atomic E-state index is 9.18. The van der Waals surface area contributed by atoms with Gasteiger partial charge in [0, 0.05) is 17.3 Å². The van der Waals surface area contributed by atoms with Crippen LogP contribution in [0.5, 0.6) is 0 Å². The molecule has 92 valence electrons. The number of hydrogen-bond acceptors (Lipinski definition) is 9. The number of carbonyl (C=O) groups excluding carboxylic acids is 3. The van der Waals surface area contributed by atoms with Crippen molar-refractivity contribution in [3.05, 3.63) is 0 Å². The molecule has 0 aliphatic carbocycles. The van der Waals surface area contributed by atoms with Crippen molar-refractivity contribution in [1.82, 2.24) is 0 Å². The zero-order valence-electron chi connectivity index (χ0n) is 7.86. The molecule has 16 heavy (non-hydrogen) atoms. The maximum Gasteiger partial charge on any atom is 3.00 e. The molecule has 10 heteroatoms. The van der Waals surface area contributed by atoms with Crippen LogP contribution in [0, 0.1) is 0 Å². The van der Waals surface area contributed by atoms with Gasteiger partial charge in [0.05, 0.1) is 17.9 Å². The summed E-state index contributed by atoms with van der Waals surface area (Å²) >= 11 is 10.1. The van der Waals surface area contributed by atoms with E-state index in [4.69, 9.17) is 0 Å². The first-order chi connectivity index (χ1) is 6.81. The molecule has 0 atom stereocenters. The van der Waals surface area contributed by atoms with Gasteiger partial charge in [0.2, 0.25) is 0 Å². The minimum Gasteiger partial charge on any atom is -0.549 e. The van der Waals surface area contributed by atoms with Crippen LogP contribution in [0.25, 0.3) is 0 Å². The standard InChI is InChI=1S/3C2H4O2S.Bi/c3*3-2(4)1-5;/h3*5H,1H2,(H,3,4);/q;;;+3/p-3. The Balaban J connectivity index is -0.0000000655. The van der Waals surface area contributed by atoms with E-state index in [2.05, 4.69) is 37.9 Å². The molecule has 0 heterocycles. The quantitative estimate of drug-likeness (QED) is 0.276. The number of hydrogen-bond donors (Lipinski definition) is 3. The van der Waals surface area contributed by atoms with Crippen molar-refractivity contribution in [2.75, 3.05) is 17.3 Å². The molecule has 2 radical (unpaired) electrons. The molecule has 0 spiro atoms. The second-order valence-electron chi connectivity index (χ2n) is 1.59. The van der Waals surface area contributed by atoms with Gasteiger partial charge in [-0.3, -0.25) is 0 Å². The van der Waals surface area contributed by atoms with Crippen LogP contribution in [0.4, 0.5) is 0 Å². The van der Waals surface area contributed by atoms with Gasteiger partial charge in [0.1, 0.15) is 0 Å². The molecular weight excluding hydrogens is 473 g/mol. The van der Waals surface area contributed by atoms with E-state index in [0.717, 1.165) is 0 Å². The zero-order chi connectivity index (χ0) is 12.9. The normalized spacial score (nSPS) is 6.94. The SMILES string of the molecule is O=C([O-])CS.O=C([O-])CS.O=C([O-])CS.[Bi+3]. The Kier molecular flexibility index (Phi) is 32.7. The number of carbonyl (C=O) groups is 3. The Labute approximate surface area is 128 Å². The summed E-state index contributed by atoms with van der Waals surface area (Å²) in [5.74, 6) is -3.98. The first-order valence-corrected chi connectivity index (χ1v) is 5.13. The van der Waals surface area contributed by atoms with Crippen LogP contribution in [-0.2, 0) is 14.4 Å². The third kappa shape index (κ3) is 63.5. The van der Waals surface area contributed by atoms with E-state index in [1.165, 1.54) is 0 Å². The second-order valence-corrected chi connectivity index (χ2v) is 2.54. The van der Waals surface area contributed by atoms with Crippen molar-refractivity contribution < 1.29 is 29.7 Å². The first-order valence-electron chi connectivity index (χ1n) is 3.23. The summed E-state index contributed by atoms with van der Waals surface area (Å²) in [4.78, 5) is 27.5. The molecule has 0 fully saturated rings. The van der Waals surface area contributed by atoms with E-state index >= 15 is 0 Å². The summed E-state index contributed by atoms with van der Waals surface area (Å²) in [6.07, 6.45) is 0. The van der Waals surface area contributed by atoms with Crippen molar-refractivity contribution in [3.63, 3.8) is 0 Å². The van der Waals surface area contributed by atoms with Gasteiger partial charge < -0.3 is 29.7 Å². The minimum absolute atomic E-state index is 0. The van der Waals surface area contributed by atoms with Crippen molar-refractivity contribution in [3.8, 4) is 0 Å². The van der Waals surface area contributed by atoms with Crippen molar-refractivity contribution in [2.45, 2.75) is 0 Å². The third-order valence-corrected chi connectivity index (χ3v) is 1.16. The molecule has 0 rings (SSSR count). The van der Waals surface area contributed by atoms with Gasteiger partial charge in [-0.15, -0.1) is 0 Å². The van der Waals surface area contributed by atoms with E-state index in [-0.39, 0.29) is 43.5 Å². The van der Waals surface area contributed by atoms with Gasteiger partial charge in [0.25, 0.3) is 0 Å². The summed E-state index contributed by atoms with van der Waals surface area (Å²) < 4.78 is 0. The topological polar surface area (TPSA) is 120 Å². The number of carboxylic acid groups (broad SMARTS) is 3. The molecule has 0 saturated heterocycles. The maximum atomic E-state index is 9.18. The molecular formula is C6H9BiO6S3. The molecule has 0 saturated carbocycles. The Morgan fingerprint density at radius 2 is 0.750 bits per heavy atom. The van der Waals surface area contributed by atoms with E-state index in [1.54, 1.807) is 0 Å². The zero-order valence-corrected chi connectivity index (χ0v) is 14.0. The Morgan fingerprint density at radius 3 is 0.750 bits per heavy atom. The summed E-state index contributed by atoms with van der Waals surface area (Å²) in [5, 5.41) is 27.5. The molecule has 0 unspecified atom stereocenters. The third-order valence-electron chi connectivity index (χ3n) is 0.387. The number of thiol groups is 3. The number of carboxylic acids is 3. The van der Waals surface area contributed by atoms with Crippen LogP contribution in [0.1, 0.15) is 0 Å². The van der Waals surface area contributed by atoms with E-state index in [1.807, 2.05) is 0 Å². The van der Waals surface area contributed by atoms with Gasteiger partial charge in [-0.1, -0.05) is 0 Å². The van der Waals surface area contributed by atoms with Crippen LogP contribution < -0.4 is 15.3 Å². The fraction of sp³-hybridized carbons (Fsp3) is 0.500. The van der Waals surface area contributed by atoms with Gasteiger partial charge in [-0.2, -0.15) is 37.9 Å². The minimum atomic E-state index is -1.13. The van der Waals surface area contributed by atoms with Crippen LogP contribution in [0.3, 0.4) is 0 Å². The Hall–Kier alpha value is 0.343. The van der Waals surface area contributed by atoms with Crippen molar-refractivity contribution in [1.29, 1.82) is 0 Å². The summed E-state index contributed by atoms with van der Waals surface area (Å²) in [7, 11) is 0. The van der Waals surface area contributed by atoms with Gasteiger partial charge in [0.15, 0.2) is 0 Å². The molecule has 0 aliphatic rings. The smallest absolute Gasteiger partial charge is 0.549 e. The van der Waals surface area contributed by atoms with E-state index in [0.29, 0.717) is 0 Å². The predicted molar refractivity (Wildman–Crippen MR) is 62.3 cm³/mol. The molecule has 0 aromatic rings. The fourth-order valence-corrected chi connectivity index (χ4v) is 0. The van der Waals surface area contributed by atoms with E-state index in [9.17, 15) is 29.7 Å². The van der Waals surface area contributed by atoms with Gasteiger partial charge in [-0.25, -0.2) is 0 Å². The van der Waals surface area contributed by atoms with Gasteiger partial charge >= 0.3 is 26.2 Å². The summed E-state index contributed by atoms with van der Waals surface area (Å²) in [6.45, 7) is 0. The van der Waals surface area contributed by atoms with Crippen LogP contribution >= 0.6 is 37.9 Å².